The summed E-state index contributed by atoms with van der Waals surface area (Å²) in [7, 11) is 0. The van der Waals surface area contributed by atoms with Gasteiger partial charge >= 0.3 is 0 Å². The van der Waals surface area contributed by atoms with Crippen molar-refractivity contribution in [1.82, 2.24) is 9.97 Å². The molecule has 8 rings (SSSR count). The summed E-state index contributed by atoms with van der Waals surface area (Å²) < 4.78 is 6.28. The van der Waals surface area contributed by atoms with Gasteiger partial charge in [0, 0.05) is 32.8 Å². The number of aromatic nitrogens is 2. The van der Waals surface area contributed by atoms with Gasteiger partial charge in [-0.15, -0.1) is 0 Å². The maximum Gasteiger partial charge on any atom is 0.160 e. The van der Waals surface area contributed by atoms with E-state index in [1.807, 2.05) is 0 Å². The first-order chi connectivity index (χ1) is 26.2. The van der Waals surface area contributed by atoms with E-state index >= 15 is 0 Å². The lowest BCUT2D eigenvalue weighted by Gasteiger charge is -2.21. The van der Waals surface area contributed by atoms with E-state index in [9.17, 15) is 0 Å². The monoisotopic (exact) mass is 736 g/mol. The van der Waals surface area contributed by atoms with Crippen LogP contribution in [0.5, 0.6) is 0 Å². The normalized spacial score (nSPS) is 13.0. The van der Waals surface area contributed by atoms with Crippen molar-refractivity contribution in [3.05, 3.63) is 138 Å². The van der Waals surface area contributed by atoms with Crippen LogP contribution < -0.4 is 0 Å². The van der Waals surface area contributed by atoms with Crippen LogP contribution in [0.1, 0.15) is 105 Å². The van der Waals surface area contributed by atoms with Crippen LogP contribution in [-0.2, 0) is 21.7 Å². The van der Waals surface area contributed by atoms with Gasteiger partial charge in [-0.25, -0.2) is 4.98 Å². The molecule has 0 radical (unpaired) electrons. The zero-order valence-corrected chi connectivity index (χ0v) is 35.3. The van der Waals surface area contributed by atoms with E-state index < -0.39 is 0 Å². The summed E-state index contributed by atoms with van der Waals surface area (Å²) in [4.78, 5) is 9.39. The molecule has 0 spiro atoms. The van der Waals surface area contributed by atoms with Gasteiger partial charge in [-0.2, -0.15) is 0 Å². The Morgan fingerprint density at radius 1 is 0.446 bits per heavy atom. The predicted octanol–water partition coefficient (Wildman–Crippen LogP) is 15.3. The molecule has 0 fully saturated rings. The molecule has 3 heterocycles. The summed E-state index contributed by atoms with van der Waals surface area (Å²) in [5.41, 5.74) is 16.9. The molecule has 5 aromatic carbocycles. The number of rotatable bonds is 4. The molecule has 3 nitrogen and oxygen atoms in total. The minimum atomic E-state index is -0.0644. The molecule has 8 aromatic rings. The Labute approximate surface area is 333 Å². The van der Waals surface area contributed by atoms with Crippen LogP contribution in [-0.4, -0.2) is 9.97 Å². The highest BCUT2D eigenvalue weighted by molar-refractivity contribution is 6.13. The Hall–Kier alpha value is -5.41. The molecule has 0 aliphatic carbocycles. The van der Waals surface area contributed by atoms with Crippen molar-refractivity contribution in [2.45, 2.75) is 105 Å². The second kappa shape index (κ2) is 13.1. The Kier molecular flexibility index (Phi) is 8.77. The average Bonchev–Trinajstić information content (AvgIpc) is 3.77. The first-order valence-corrected chi connectivity index (χ1v) is 20.1. The number of H-pyrrole nitrogens is 1. The maximum absolute atomic E-state index is 6.28. The largest absolute Gasteiger partial charge is 0.462 e. The van der Waals surface area contributed by atoms with Crippen LogP contribution in [0.15, 0.2) is 120 Å². The molecule has 0 aliphatic heterocycles. The quantitative estimate of drug-likeness (QED) is 0.195. The van der Waals surface area contributed by atoms with Gasteiger partial charge in [0.25, 0.3) is 0 Å². The minimum absolute atomic E-state index is 0.0433. The summed E-state index contributed by atoms with van der Waals surface area (Å²) in [6, 6.07) is 40.8. The topological polar surface area (TPSA) is 41.8 Å². The van der Waals surface area contributed by atoms with Crippen LogP contribution in [0.25, 0.3) is 77.5 Å². The summed E-state index contributed by atoms with van der Waals surface area (Å²) >= 11 is 0. The lowest BCUT2D eigenvalue weighted by molar-refractivity contribution is 0.590. The molecular formula is C53H56N2O. The van der Waals surface area contributed by atoms with Crippen LogP contribution in [0.4, 0.5) is 0 Å². The standard InChI is InChI=1S/C53H56N2O/c1-50(2,3)38-17-13-32(14-18-38)35-25-36(33-15-19-39(20-16-33)51(4,5)6)27-37(26-35)47-49-34(23-24-56-49)28-46(55-47)44-31-41(53(10,11)12)30-43-42-29-40(52(7,8)9)21-22-45(42)54-48(43)44/h13-31,54H,1-12H3. The van der Waals surface area contributed by atoms with Crippen molar-refractivity contribution < 1.29 is 4.42 Å². The van der Waals surface area contributed by atoms with Gasteiger partial charge in [-0.3, -0.25) is 0 Å². The number of benzene rings is 5. The maximum atomic E-state index is 6.28. The van der Waals surface area contributed by atoms with Gasteiger partial charge in [0.15, 0.2) is 5.58 Å². The average molecular weight is 737 g/mol. The van der Waals surface area contributed by atoms with Gasteiger partial charge in [0.05, 0.1) is 17.5 Å². The molecule has 0 bridgehead atoms. The number of aromatic amines is 1. The van der Waals surface area contributed by atoms with E-state index in [-0.39, 0.29) is 21.7 Å². The number of hydrogen-bond acceptors (Lipinski definition) is 2. The fraction of sp³-hybridized carbons (Fsp3) is 0.302. The molecule has 0 saturated heterocycles. The third-order valence-electron chi connectivity index (χ3n) is 11.5. The molecule has 1 N–H and O–H groups in total. The fourth-order valence-corrected chi connectivity index (χ4v) is 7.83. The van der Waals surface area contributed by atoms with Crippen molar-refractivity contribution >= 4 is 32.8 Å². The number of pyridine rings is 1. The van der Waals surface area contributed by atoms with Gasteiger partial charge in [0.1, 0.15) is 5.69 Å². The van der Waals surface area contributed by atoms with Crippen molar-refractivity contribution in [2.24, 2.45) is 0 Å². The third kappa shape index (κ3) is 6.98. The third-order valence-corrected chi connectivity index (χ3v) is 11.5. The van der Waals surface area contributed by atoms with Crippen molar-refractivity contribution in [2.75, 3.05) is 0 Å². The molecular weight excluding hydrogens is 681 g/mol. The van der Waals surface area contributed by atoms with Crippen LogP contribution in [0, 0.1) is 0 Å². The SMILES string of the molecule is CC(C)(C)c1ccc(-c2cc(-c3ccc(C(C)(C)C)cc3)cc(-c3nc(-c4cc(C(C)(C)C)cc5c4[nH]c4ccc(C(C)(C)C)cc45)cc4ccoc34)c2)cc1. The van der Waals surface area contributed by atoms with E-state index in [1.165, 1.54) is 44.2 Å². The molecule has 0 saturated carbocycles. The summed E-state index contributed by atoms with van der Waals surface area (Å²) in [6.07, 6.45) is 1.79. The molecule has 0 aliphatic rings. The molecule has 0 atom stereocenters. The highest BCUT2D eigenvalue weighted by Gasteiger charge is 2.24. The van der Waals surface area contributed by atoms with Crippen molar-refractivity contribution in [1.29, 1.82) is 0 Å². The summed E-state index contributed by atoms with van der Waals surface area (Å²) in [6.45, 7) is 27.3. The van der Waals surface area contributed by atoms with Crippen molar-refractivity contribution in [3.63, 3.8) is 0 Å². The lowest BCUT2D eigenvalue weighted by atomic mass is 9.83. The Morgan fingerprint density at radius 3 is 1.48 bits per heavy atom. The number of furan rings is 1. The molecule has 3 heteroatoms. The zero-order chi connectivity index (χ0) is 39.9. The van der Waals surface area contributed by atoms with Gasteiger partial charge in [-0.05, 0) is 121 Å². The molecule has 0 amide bonds. The highest BCUT2D eigenvalue weighted by Crippen LogP contribution is 2.42. The van der Waals surface area contributed by atoms with Crippen LogP contribution in [0.2, 0.25) is 0 Å². The minimum Gasteiger partial charge on any atom is -0.462 e. The number of hydrogen-bond donors (Lipinski definition) is 1. The lowest BCUT2D eigenvalue weighted by Crippen LogP contribution is -2.11. The molecule has 56 heavy (non-hydrogen) atoms. The van der Waals surface area contributed by atoms with Crippen LogP contribution >= 0.6 is 0 Å². The van der Waals surface area contributed by atoms with Gasteiger partial charge < -0.3 is 9.40 Å². The fourth-order valence-electron chi connectivity index (χ4n) is 7.83. The second-order valence-corrected chi connectivity index (χ2v) is 20.0. The van der Waals surface area contributed by atoms with Gasteiger partial charge in [0.2, 0.25) is 0 Å². The van der Waals surface area contributed by atoms with Crippen LogP contribution in [0.3, 0.4) is 0 Å². The predicted molar refractivity (Wildman–Crippen MR) is 240 cm³/mol. The number of nitrogens with one attached hydrogen (secondary N) is 1. The van der Waals surface area contributed by atoms with E-state index in [0.717, 1.165) is 55.6 Å². The van der Waals surface area contributed by atoms with Gasteiger partial charge in [-0.1, -0.05) is 138 Å². The van der Waals surface area contributed by atoms with Crippen molar-refractivity contribution in [3.8, 4) is 44.8 Å². The van der Waals surface area contributed by atoms with E-state index in [1.54, 1.807) is 6.26 Å². The summed E-state index contributed by atoms with van der Waals surface area (Å²) in [5.74, 6) is 0. The molecule has 0 unspecified atom stereocenters. The Morgan fingerprint density at radius 2 is 0.946 bits per heavy atom. The van der Waals surface area contributed by atoms with E-state index in [0.29, 0.717) is 0 Å². The number of fused-ring (bicyclic) bond motifs is 4. The van der Waals surface area contributed by atoms with E-state index in [4.69, 9.17) is 9.40 Å². The highest BCUT2D eigenvalue weighted by atomic mass is 16.3. The first-order valence-electron chi connectivity index (χ1n) is 20.1. The zero-order valence-electron chi connectivity index (χ0n) is 35.3. The molecule has 3 aromatic heterocycles. The summed E-state index contributed by atoms with van der Waals surface area (Å²) in [5, 5.41) is 3.50. The Bertz CT molecular complexity index is 2670. The number of nitrogens with zero attached hydrogens (tertiary/aromatic N) is 1. The Balaban J connectivity index is 1.37. The second-order valence-electron chi connectivity index (χ2n) is 20.0. The molecule has 284 valence electrons. The van der Waals surface area contributed by atoms with E-state index in [2.05, 4.69) is 197 Å². The smallest absolute Gasteiger partial charge is 0.160 e. The first kappa shape index (κ1) is 37.5.